The Morgan fingerprint density at radius 2 is 2.08 bits per heavy atom. The summed E-state index contributed by atoms with van der Waals surface area (Å²) in [7, 11) is 3.59. The molecule has 7 heteroatoms. The van der Waals surface area contributed by atoms with E-state index in [9.17, 15) is 4.79 Å². The van der Waals surface area contributed by atoms with Crippen LogP contribution in [0, 0.1) is 0 Å². The van der Waals surface area contributed by atoms with Gasteiger partial charge in [-0.1, -0.05) is 0 Å². The van der Waals surface area contributed by atoms with Crippen LogP contribution in [-0.2, 0) is 19.9 Å². The number of imidazole rings is 1. The molecule has 1 fully saturated rings. The van der Waals surface area contributed by atoms with Gasteiger partial charge in [0.25, 0.3) is 5.91 Å². The summed E-state index contributed by atoms with van der Waals surface area (Å²) in [4.78, 5) is 28.0. The summed E-state index contributed by atoms with van der Waals surface area (Å²) in [6.07, 6.45) is 8.05. The fourth-order valence-corrected chi connectivity index (χ4v) is 3.99. The van der Waals surface area contributed by atoms with Crippen molar-refractivity contribution in [2.75, 3.05) is 13.7 Å². The lowest BCUT2D eigenvalue weighted by atomic mass is 10.0. The van der Waals surface area contributed by atoms with Crippen molar-refractivity contribution < 1.29 is 9.53 Å². The second-order valence-electron chi connectivity index (χ2n) is 6.71. The Hall–Kier alpha value is -2.44. The Kier molecular flexibility index (Phi) is 4.15. The Labute approximate surface area is 147 Å². The maximum atomic E-state index is 13.0. The zero-order chi connectivity index (χ0) is 17.4. The highest BCUT2D eigenvalue weighted by atomic mass is 16.5. The number of nitrogens with zero attached hydrogens (tertiary/aromatic N) is 5. The van der Waals surface area contributed by atoms with Crippen LogP contribution >= 0.6 is 0 Å². The number of rotatable bonds is 3. The van der Waals surface area contributed by atoms with E-state index in [0.717, 1.165) is 38.1 Å². The third-order valence-corrected chi connectivity index (χ3v) is 5.26. The Morgan fingerprint density at radius 1 is 1.24 bits per heavy atom. The minimum absolute atomic E-state index is 0.0176. The molecule has 0 N–H and O–H groups in total. The van der Waals surface area contributed by atoms with Crippen molar-refractivity contribution in [3.8, 4) is 6.01 Å². The third-order valence-electron chi connectivity index (χ3n) is 5.26. The van der Waals surface area contributed by atoms with Crippen LogP contribution in [0.1, 0.15) is 59.4 Å². The van der Waals surface area contributed by atoms with Crippen LogP contribution in [-0.4, -0.2) is 44.0 Å². The molecule has 4 rings (SSSR count). The number of likely N-dealkylation sites (tertiary alicyclic amines) is 1. The molecular weight excluding hydrogens is 318 g/mol. The van der Waals surface area contributed by atoms with Crippen LogP contribution in [0.15, 0.2) is 12.3 Å². The lowest BCUT2D eigenvalue weighted by Gasteiger charge is -2.24. The summed E-state index contributed by atoms with van der Waals surface area (Å²) in [6.45, 7) is 0.730. The maximum absolute atomic E-state index is 13.0. The second kappa shape index (κ2) is 6.46. The number of carbonyl (C=O) groups is 1. The number of hydrogen-bond acceptors (Lipinski definition) is 5. The fourth-order valence-electron chi connectivity index (χ4n) is 3.99. The largest absolute Gasteiger partial charge is 0.467 e. The van der Waals surface area contributed by atoms with Crippen molar-refractivity contribution in [2.24, 2.45) is 7.05 Å². The van der Waals surface area contributed by atoms with Gasteiger partial charge in [0.05, 0.1) is 18.8 Å². The summed E-state index contributed by atoms with van der Waals surface area (Å²) < 4.78 is 7.26. The minimum atomic E-state index is -0.0795. The van der Waals surface area contributed by atoms with Crippen LogP contribution in [0.2, 0.25) is 0 Å². The SMILES string of the molecule is COc1nccc(C(=O)N2CCCC2c2nc3c(n2C)CCCC3)n1. The highest BCUT2D eigenvalue weighted by Crippen LogP contribution is 2.34. The molecule has 1 amide bonds. The van der Waals surface area contributed by atoms with Crippen LogP contribution in [0.4, 0.5) is 0 Å². The van der Waals surface area contributed by atoms with E-state index >= 15 is 0 Å². The number of carbonyl (C=O) groups excluding carboxylic acids is 1. The third kappa shape index (κ3) is 2.77. The van der Waals surface area contributed by atoms with E-state index in [1.54, 1.807) is 12.3 Å². The Bertz CT molecular complexity index is 801. The first-order valence-corrected chi connectivity index (χ1v) is 8.91. The van der Waals surface area contributed by atoms with Crippen LogP contribution in [0.3, 0.4) is 0 Å². The maximum Gasteiger partial charge on any atom is 0.316 e. The molecule has 2 aromatic rings. The van der Waals surface area contributed by atoms with Crippen molar-refractivity contribution >= 4 is 5.91 Å². The number of methoxy groups -OCH3 is 1. The molecular formula is C18H23N5O2. The molecule has 1 aliphatic heterocycles. The number of aryl methyl sites for hydroxylation is 1. The Morgan fingerprint density at radius 3 is 2.88 bits per heavy atom. The molecule has 1 aliphatic carbocycles. The van der Waals surface area contributed by atoms with E-state index in [4.69, 9.17) is 9.72 Å². The van der Waals surface area contributed by atoms with Gasteiger partial charge in [0.2, 0.25) is 0 Å². The molecule has 0 spiro atoms. The number of aromatic nitrogens is 4. The molecule has 2 aromatic heterocycles. The summed E-state index contributed by atoms with van der Waals surface area (Å²) in [6, 6.07) is 1.88. The van der Waals surface area contributed by atoms with Gasteiger partial charge in [-0.15, -0.1) is 0 Å². The Balaban J connectivity index is 1.64. The molecule has 7 nitrogen and oxygen atoms in total. The van der Waals surface area contributed by atoms with E-state index in [2.05, 4.69) is 21.6 Å². The van der Waals surface area contributed by atoms with Gasteiger partial charge in [-0.2, -0.15) is 4.98 Å². The summed E-state index contributed by atoms with van der Waals surface area (Å²) in [5, 5.41) is 0. The molecule has 25 heavy (non-hydrogen) atoms. The number of amides is 1. The lowest BCUT2D eigenvalue weighted by Crippen LogP contribution is -2.32. The minimum Gasteiger partial charge on any atom is -0.467 e. The van der Waals surface area contributed by atoms with E-state index in [-0.39, 0.29) is 18.0 Å². The smallest absolute Gasteiger partial charge is 0.316 e. The van der Waals surface area contributed by atoms with E-state index in [0.29, 0.717) is 5.69 Å². The lowest BCUT2D eigenvalue weighted by molar-refractivity contribution is 0.0720. The highest BCUT2D eigenvalue weighted by Gasteiger charge is 2.35. The molecule has 1 unspecified atom stereocenters. The molecule has 132 valence electrons. The van der Waals surface area contributed by atoms with E-state index < -0.39 is 0 Å². The summed E-state index contributed by atoms with van der Waals surface area (Å²) in [5.41, 5.74) is 2.92. The van der Waals surface area contributed by atoms with Gasteiger partial charge in [-0.3, -0.25) is 4.79 Å². The molecule has 3 heterocycles. The van der Waals surface area contributed by atoms with Gasteiger partial charge in [0, 0.05) is 25.5 Å². The molecule has 1 atom stereocenters. The first-order valence-electron chi connectivity index (χ1n) is 8.91. The predicted molar refractivity (Wildman–Crippen MR) is 91.4 cm³/mol. The topological polar surface area (TPSA) is 73.1 Å². The average Bonchev–Trinajstić information content (AvgIpc) is 3.26. The van der Waals surface area contributed by atoms with Gasteiger partial charge in [0.15, 0.2) is 0 Å². The first-order chi connectivity index (χ1) is 12.2. The van der Waals surface area contributed by atoms with Gasteiger partial charge in [-0.05, 0) is 44.6 Å². The average molecular weight is 341 g/mol. The van der Waals surface area contributed by atoms with Gasteiger partial charge in [-0.25, -0.2) is 9.97 Å². The van der Waals surface area contributed by atoms with Gasteiger partial charge in [0.1, 0.15) is 11.5 Å². The van der Waals surface area contributed by atoms with Crippen molar-refractivity contribution in [3.05, 3.63) is 35.2 Å². The zero-order valence-electron chi connectivity index (χ0n) is 14.7. The molecule has 2 aliphatic rings. The molecule has 1 saturated heterocycles. The van der Waals surface area contributed by atoms with Crippen molar-refractivity contribution in [3.63, 3.8) is 0 Å². The molecule has 0 saturated carbocycles. The normalized spacial score (nSPS) is 19.8. The number of hydrogen-bond donors (Lipinski definition) is 0. The van der Waals surface area contributed by atoms with Gasteiger partial charge >= 0.3 is 6.01 Å². The van der Waals surface area contributed by atoms with E-state index in [1.807, 2.05) is 4.90 Å². The first kappa shape index (κ1) is 16.1. The second-order valence-corrected chi connectivity index (χ2v) is 6.71. The fraction of sp³-hybridized carbons (Fsp3) is 0.556. The van der Waals surface area contributed by atoms with Crippen molar-refractivity contribution in [1.29, 1.82) is 0 Å². The molecule has 0 aromatic carbocycles. The van der Waals surface area contributed by atoms with Crippen LogP contribution < -0.4 is 4.74 Å². The quantitative estimate of drug-likeness (QED) is 0.854. The van der Waals surface area contributed by atoms with Crippen molar-refractivity contribution in [1.82, 2.24) is 24.4 Å². The van der Waals surface area contributed by atoms with Crippen LogP contribution in [0.25, 0.3) is 0 Å². The van der Waals surface area contributed by atoms with Crippen LogP contribution in [0.5, 0.6) is 6.01 Å². The monoisotopic (exact) mass is 341 g/mol. The van der Waals surface area contributed by atoms with E-state index in [1.165, 1.54) is 31.3 Å². The molecule has 0 bridgehead atoms. The number of ether oxygens (including phenoxy) is 1. The van der Waals surface area contributed by atoms with Gasteiger partial charge < -0.3 is 14.2 Å². The predicted octanol–water partition coefficient (Wildman–Crippen LogP) is 2.07. The highest BCUT2D eigenvalue weighted by molar-refractivity contribution is 5.92. The number of fused-ring (bicyclic) bond motifs is 1. The summed E-state index contributed by atoms with van der Waals surface area (Å²) >= 11 is 0. The van der Waals surface area contributed by atoms with Crippen molar-refractivity contribution in [2.45, 2.75) is 44.6 Å². The standard InChI is InChI=1S/C18H23N5O2/c1-22-14-7-4-3-6-12(14)20-16(22)15-8-5-11-23(15)17(24)13-9-10-19-18(21-13)25-2/h9-10,15H,3-8,11H2,1-2H3. The molecule has 0 radical (unpaired) electrons. The zero-order valence-corrected chi connectivity index (χ0v) is 14.7. The summed E-state index contributed by atoms with van der Waals surface area (Å²) in [5.74, 6) is 0.933.